The SMILES string of the molecule is C/C=C\C(=O)NC(=O)N[C@@H]1OC(COP(=O)(N[C@@H](C)C(=O)OC(C)C)Oc2ccc(-c3cccc(C(=O)NC)c3)cc2)[C@@H](O)[C@@]1(C)F. The molecule has 0 bridgehead atoms. The first-order valence-corrected chi connectivity index (χ1v) is 16.2. The molecule has 2 unspecified atom stereocenters. The topological polar surface area (TPSA) is 191 Å². The molecule has 0 saturated carbocycles. The Hall–Kier alpha value is -4.14. The molecule has 1 heterocycles. The van der Waals surface area contributed by atoms with Gasteiger partial charge in [0.25, 0.3) is 11.8 Å². The average molecular weight is 679 g/mol. The predicted molar refractivity (Wildman–Crippen MR) is 169 cm³/mol. The monoisotopic (exact) mass is 678 g/mol. The standard InChI is InChI=1S/C31H40FN4O10P/c1-7-9-25(37)34-30(41)35-29-31(5,32)26(38)24(45-29)17-43-47(42,36-19(4)28(40)44-18(2)3)46-23-14-12-20(13-15-23)21-10-8-11-22(16-21)27(39)33-6/h7-16,18-19,24,26,29,38H,17H2,1-6H3,(H,33,39)(H,36,42)(H2,34,35,37,41)/b9-7-/t19-,24?,26+,29+,31+,47?/m0/s1. The molecule has 3 rings (SSSR count). The summed E-state index contributed by atoms with van der Waals surface area (Å²) >= 11 is 0. The van der Waals surface area contributed by atoms with E-state index in [1.165, 1.54) is 32.2 Å². The van der Waals surface area contributed by atoms with Crippen LogP contribution in [0, 0.1) is 0 Å². The van der Waals surface area contributed by atoms with Gasteiger partial charge in [0.1, 0.15) is 24.0 Å². The number of aliphatic hydroxyl groups excluding tert-OH is 1. The number of hydrogen-bond donors (Lipinski definition) is 5. The molecule has 0 radical (unpaired) electrons. The van der Waals surface area contributed by atoms with Gasteiger partial charge in [-0.1, -0.05) is 30.3 Å². The molecule has 0 aromatic heterocycles. The number of urea groups is 1. The molecule has 2 aromatic carbocycles. The van der Waals surface area contributed by atoms with Crippen LogP contribution in [0.25, 0.3) is 11.1 Å². The van der Waals surface area contributed by atoms with Crippen LogP contribution < -0.4 is 25.6 Å². The molecular formula is C31H40FN4O10P. The van der Waals surface area contributed by atoms with Crippen molar-refractivity contribution in [2.24, 2.45) is 0 Å². The van der Waals surface area contributed by atoms with Crippen LogP contribution >= 0.6 is 7.75 Å². The predicted octanol–water partition coefficient (Wildman–Crippen LogP) is 3.36. The highest BCUT2D eigenvalue weighted by Gasteiger charge is 2.55. The number of esters is 1. The highest BCUT2D eigenvalue weighted by Crippen LogP contribution is 2.46. The summed E-state index contributed by atoms with van der Waals surface area (Å²) in [7, 11) is -2.94. The van der Waals surface area contributed by atoms with Gasteiger partial charge in [-0.25, -0.2) is 13.8 Å². The molecule has 1 aliphatic rings. The van der Waals surface area contributed by atoms with E-state index in [0.717, 1.165) is 18.6 Å². The van der Waals surface area contributed by atoms with Crippen LogP contribution in [-0.2, 0) is 28.2 Å². The summed E-state index contributed by atoms with van der Waals surface area (Å²) in [6, 6.07) is 10.9. The highest BCUT2D eigenvalue weighted by atomic mass is 31.2. The smallest absolute Gasteiger partial charge is 0.459 e. The molecule has 0 spiro atoms. The number of imide groups is 1. The maximum Gasteiger partial charge on any atom is 0.459 e. The fourth-order valence-corrected chi connectivity index (χ4v) is 5.89. The Morgan fingerprint density at radius 1 is 1.11 bits per heavy atom. The minimum absolute atomic E-state index is 0.0571. The number of ether oxygens (including phenoxy) is 2. The number of hydrogen-bond acceptors (Lipinski definition) is 10. The fraction of sp³-hybridized carbons (Fsp3) is 0.419. The van der Waals surface area contributed by atoms with Gasteiger partial charge in [-0.05, 0) is 76.1 Å². The maximum absolute atomic E-state index is 15.5. The van der Waals surface area contributed by atoms with Gasteiger partial charge in [-0.3, -0.25) is 24.2 Å². The number of amides is 4. The molecule has 47 heavy (non-hydrogen) atoms. The summed E-state index contributed by atoms with van der Waals surface area (Å²) in [6.07, 6.45) is -3.05. The molecule has 16 heteroatoms. The van der Waals surface area contributed by atoms with E-state index in [-0.39, 0.29) is 11.7 Å². The van der Waals surface area contributed by atoms with Crippen molar-refractivity contribution < 1.29 is 51.8 Å². The Kier molecular flexibility index (Phi) is 12.8. The lowest BCUT2D eigenvalue weighted by molar-refractivity contribution is -0.149. The van der Waals surface area contributed by atoms with Crippen LogP contribution in [0.5, 0.6) is 5.75 Å². The molecule has 4 amide bonds. The van der Waals surface area contributed by atoms with Crippen molar-refractivity contribution in [3.05, 3.63) is 66.2 Å². The van der Waals surface area contributed by atoms with E-state index in [1.807, 2.05) is 5.32 Å². The molecular weight excluding hydrogens is 638 g/mol. The van der Waals surface area contributed by atoms with Crippen molar-refractivity contribution in [3.8, 4) is 16.9 Å². The number of carbonyl (C=O) groups is 4. The van der Waals surface area contributed by atoms with E-state index in [9.17, 15) is 28.8 Å². The number of rotatable bonds is 13. The van der Waals surface area contributed by atoms with Crippen LogP contribution in [0.3, 0.4) is 0 Å². The van der Waals surface area contributed by atoms with Crippen molar-refractivity contribution in [2.75, 3.05) is 13.7 Å². The summed E-state index contributed by atoms with van der Waals surface area (Å²) in [6.45, 7) is 6.47. The number of nitrogens with one attached hydrogen (secondary N) is 4. The molecule has 1 aliphatic heterocycles. The average Bonchev–Trinajstić information content (AvgIpc) is 3.22. The Balaban J connectivity index is 1.79. The zero-order valence-corrected chi connectivity index (χ0v) is 27.7. The molecule has 0 aliphatic carbocycles. The largest absolute Gasteiger partial charge is 0.462 e. The van der Waals surface area contributed by atoms with Crippen molar-refractivity contribution >= 4 is 31.6 Å². The third kappa shape index (κ3) is 10.2. The van der Waals surface area contributed by atoms with Crippen LogP contribution in [0.1, 0.15) is 45.0 Å². The van der Waals surface area contributed by atoms with Gasteiger partial charge in [-0.2, -0.15) is 5.09 Å². The third-order valence-corrected chi connectivity index (χ3v) is 8.45. The van der Waals surface area contributed by atoms with Crippen molar-refractivity contribution in [3.63, 3.8) is 0 Å². The summed E-state index contributed by atoms with van der Waals surface area (Å²) < 4.78 is 51.4. The van der Waals surface area contributed by atoms with Gasteiger partial charge < -0.3 is 29.7 Å². The Morgan fingerprint density at radius 3 is 2.40 bits per heavy atom. The Morgan fingerprint density at radius 2 is 1.79 bits per heavy atom. The van der Waals surface area contributed by atoms with Gasteiger partial charge in [0.2, 0.25) is 0 Å². The fourth-order valence-electron chi connectivity index (χ4n) is 4.38. The van der Waals surface area contributed by atoms with Crippen LogP contribution in [-0.4, -0.2) is 78.8 Å². The summed E-state index contributed by atoms with van der Waals surface area (Å²) in [5.74, 6) is -1.71. The summed E-state index contributed by atoms with van der Waals surface area (Å²) in [5, 5.41) is 19.8. The van der Waals surface area contributed by atoms with Gasteiger partial charge >= 0.3 is 19.7 Å². The second-order valence-corrected chi connectivity index (χ2v) is 12.7. The molecule has 14 nitrogen and oxygen atoms in total. The lowest BCUT2D eigenvalue weighted by Crippen LogP contribution is -2.53. The van der Waals surface area contributed by atoms with Crippen molar-refractivity contribution in [1.29, 1.82) is 0 Å². The number of carbonyl (C=O) groups excluding carboxylic acids is 4. The Bertz CT molecular complexity index is 1520. The molecule has 5 N–H and O–H groups in total. The highest BCUT2D eigenvalue weighted by molar-refractivity contribution is 7.52. The van der Waals surface area contributed by atoms with E-state index in [2.05, 4.69) is 15.7 Å². The van der Waals surface area contributed by atoms with E-state index in [1.54, 1.807) is 57.2 Å². The zero-order chi connectivity index (χ0) is 34.9. The quantitative estimate of drug-likeness (QED) is 0.119. The second kappa shape index (κ2) is 16.1. The normalized spacial score (nSPS) is 22.7. The van der Waals surface area contributed by atoms with Gasteiger partial charge in [0.05, 0.1) is 12.7 Å². The molecule has 6 atom stereocenters. The van der Waals surface area contributed by atoms with E-state index in [0.29, 0.717) is 11.1 Å². The lowest BCUT2D eigenvalue weighted by atomic mass is 9.99. The second-order valence-electron chi connectivity index (χ2n) is 11.0. The molecule has 1 fully saturated rings. The zero-order valence-electron chi connectivity index (χ0n) is 26.8. The van der Waals surface area contributed by atoms with Gasteiger partial charge in [0, 0.05) is 12.6 Å². The first kappa shape index (κ1) is 37.3. The van der Waals surface area contributed by atoms with Gasteiger partial charge in [-0.15, -0.1) is 0 Å². The van der Waals surface area contributed by atoms with Crippen molar-refractivity contribution in [2.45, 2.75) is 70.9 Å². The van der Waals surface area contributed by atoms with Crippen LogP contribution in [0.2, 0.25) is 0 Å². The Labute approximate surface area is 272 Å². The number of halogens is 1. The first-order valence-electron chi connectivity index (χ1n) is 14.7. The number of allylic oxidation sites excluding steroid dienone is 1. The summed E-state index contributed by atoms with van der Waals surface area (Å²) in [5.41, 5.74) is -0.659. The molecule has 256 valence electrons. The summed E-state index contributed by atoms with van der Waals surface area (Å²) in [4.78, 5) is 48.4. The minimum Gasteiger partial charge on any atom is -0.462 e. The van der Waals surface area contributed by atoms with Crippen molar-refractivity contribution in [1.82, 2.24) is 21.0 Å². The van der Waals surface area contributed by atoms with E-state index < -0.39 is 68.5 Å². The lowest BCUT2D eigenvalue weighted by Gasteiger charge is -2.25. The third-order valence-electron chi connectivity index (χ3n) is 6.80. The van der Waals surface area contributed by atoms with Crippen LogP contribution in [0.4, 0.5) is 9.18 Å². The number of alkyl halides is 1. The number of benzene rings is 2. The first-order chi connectivity index (χ1) is 22.1. The van der Waals surface area contributed by atoms with Gasteiger partial charge in [0.15, 0.2) is 11.9 Å². The van der Waals surface area contributed by atoms with E-state index >= 15 is 4.39 Å². The minimum atomic E-state index is -4.47. The molecule has 1 saturated heterocycles. The molecule has 2 aromatic rings. The number of aliphatic hydroxyl groups is 1. The maximum atomic E-state index is 15.5. The van der Waals surface area contributed by atoms with E-state index in [4.69, 9.17) is 18.5 Å². The van der Waals surface area contributed by atoms with Crippen LogP contribution in [0.15, 0.2) is 60.7 Å².